The predicted octanol–water partition coefficient (Wildman–Crippen LogP) is -0.795. The number of likely N-dealkylation sites (N-methyl/N-ethyl adjacent to an activating group) is 2. The molecule has 0 saturated carbocycles. The van der Waals surface area contributed by atoms with Gasteiger partial charge < -0.3 is 20.3 Å². The first-order valence-electron chi connectivity index (χ1n) is 6.38. The quantitative estimate of drug-likeness (QED) is 0.654. The summed E-state index contributed by atoms with van der Waals surface area (Å²) in [4.78, 5) is 25.4. The molecule has 2 unspecified atom stereocenters. The van der Waals surface area contributed by atoms with E-state index in [9.17, 15) is 9.59 Å². The molecule has 1 saturated heterocycles. The van der Waals surface area contributed by atoms with Gasteiger partial charge in [-0.1, -0.05) is 6.92 Å². The molecule has 2 N–H and O–H groups in total. The molecule has 1 fully saturated rings. The van der Waals surface area contributed by atoms with Gasteiger partial charge in [0.05, 0.1) is 25.7 Å². The molecule has 104 valence electrons. The van der Waals surface area contributed by atoms with Crippen molar-refractivity contribution in [3.63, 3.8) is 0 Å². The van der Waals surface area contributed by atoms with Crippen molar-refractivity contribution in [2.75, 3.05) is 40.4 Å². The maximum absolute atomic E-state index is 12.4. The second-order valence-corrected chi connectivity index (χ2v) is 4.47. The Labute approximate surface area is 108 Å². The lowest BCUT2D eigenvalue weighted by atomic mass is 10.0. The average Bonchev–Trinajstić information content (AvgIpc) is 2.85. The Kier molecular flexibility index (Phi) is 6.07. The lowest BCUT2D eigenvalue weighted by Gasteiger charge is -2.26. The van der Waals surface area contributed by atoms with Crippen LogP contribution in [0.15, 0.2) is 0 Å². The summed E-state index contributed by atoms with van der Waals surface area (Å²) >= 11 is 0. The van der Waals surface area contributed by atoms with Crippen molar-refractivity contribution in [1.29, 1.82) is 0 Å². The standard InChI is InChI=1S/C12H23N3O3/c1-4-5-15(6-11(16)14-3)12(17)9-7-18-8-10(9)13-2/h9-10,13H,4-8H2,1-3H3,(H,14,16). The molecule has 0 spiro atoms. The lowest BCUT2D eigenvalue weighted by Crippen LogP contribution is -2.48. The van der Waals surface area contributed by atoms with Crippen LogP contribution >= 0.6 is 0 Å². The number of hydrogen-bond acceptors (Lipinski definition) is 4. The molecular weight excluding hydrogens is 234 g/mol. The van der Waals surface area contributed by atoms with Gasteiger partial charge in [0.1, 0.15) is 0 Å². The van der Waals surface area contributed by atoms with Crippen molar-refractivity contribution in [2.24, 2.45) is 5.92 Å². The van der Waals surface area contributed by atoms with Crippen molar-refractivity contribution in [3.8, 4) is 0 Å². The Hall–Kier alpha value is -1.14. The van der Waals surface area contributed by atoms with Crippen LogP contribution in [0.25, 0.3) is 0 Å². The normalized spacial score (nSPS) is 22.8. The summed E-state index contributed by atoms with van der Waals surface area (Å²) in [6.07, 6.45) is 0.834. The molecule has 18 heavy (non-hydrogen) atoms. The highest BCUT2D eigenvalue weighted by molar-refractivity contribution is 5.86. The van der Waals surface area contributed by atoms with E-state index in [4.69, 9.17) is 4.74 Å². The monoisotopic (exact) mass is 257 g/mol. The lowest BCUT2D eigenvalue weighted by molar-refractivity contribution is -0.139. The minimum atomic E-state index is -0.189. The van der Waals surface area contributed by atoms with E-state index in [1.54, 1.807) is 11.9 Å². The van der Waals surface area contributed by atoms with E-state index >= 15 is 0 Å². The van der Waals surface area contributed by atoms with Gasteiger partial charge in [0.15, 0.2) is 0 Å². The van der Waals surface area contributed by atoms with Gasteiger partial charge in [0, 0.05) is 19.6 Å². The summed E-state index contributed by atoms with van der Waals surface area (Å²) < 4.78 is 5.33. The fraction of sp³-hybridized carbons (Fsp3) is 0.833. The topological polar surface area (TPSA) is 70.7 Å². The van der Waals surface area contributed by atoms with Crippen LogP contribution in [0.1, 0.15) is 13.3 Å². The first-order chi connectivity index (χ1) is 8.63. The molecular formula is C12H23N3O3. The summed E-state index contributed by atoms with van der Waals surface area (Å²) in [7, 11) is 3.40. The van der Waals surface area contributed by atoms with Crippen molar-refractivity contribution in [2.45, 2.75) is 19.4 Å². The summed E-state index contributed by atoms with van der Waals surface area (Å²) in [6.45, 7) is 3.69. The van der Waals surface area contributed by atoms with Crippen molar-refractivity contribution in [3.05, 3.63) is 0 Å². The average molecular weight is 257 g/mol. The minimum Gasteiger partial charge on any atom is -0.379 e. The van der Waals surface area contributed by atoms with Gasteiger partial charge in [0.25, 0.3) is 0 Å². The second kappa shape index (κ2) is 7.33. The number of nitrogens with one attached hydrogen (secondary N) is 2. The molecule has 0 aliphatic carbocycles. The molecule has 6 nitrogen and oxygen atoms in total. The molecule has 6 heteroatoms. The molecule has 0 aromatic heterocycles. The molecule has 2 amide bonds. The van der Waals surface area contributed by atoms with Crippen LogP contribution in [0, 0.1) is 5.92 Å². The van der Waals surface area contributed by atoms with Crippen LogP contribution in [-0.2, 0) is 14.3 Å². The van der Waals surface area contributed by atoms with E-state index in [-0.39, 0.29) is 30.3 Å². The zero-order valence-electron chi connectivity index (χ0n) is 11.4. The molecule has 0 radical (unpaired) electrons. The predicted molar refractivity (Wildman–Crippen MR) is 68.1 cm³/mol. The van der Waals surface area contributed by atoms with Crippen molar-refractivity contribution in [1.82, 2.24) is 15.5 Å². The van der Waals surface area contributed by atoms with Gasteiger partial charge in [-0.05, 0) is 13.5 Å². The second-order valence-electron chi connectivity index (χ2n) is 4.47. The highest BCUT2D eigenvalue weighted by atomic mass is 16.5. The summed E-state index contributed by atoms with van der Waals surface area (Å²) in [5.74, 6) is -0.333. The fourth-order valence-corrected chi connectivity index (χ4v) is 2.11. The van der Waals surface area contributed by atoms with E-state index in [0.717, 1.165) is 6.42 Å². The number of ether oxygens (including phenoxy) is 1. The van der Waals surface area contributed by atoms with Crippen LogP contribution in [0.5, 0.6) is 0 Å². The zero-order chi connectivity index (χ0) is 13.5. The third kappa shape index (κ3) is 3.68. The summed E-state index contributed by atoms with van der Waals surface area (Å²) in [6, 6.07) is 0.0431. The van der Waals surface area contributed by atoms with Crippen molar-refractivity contribution < 1.29 is 14.3 Å². The summed E-state index contributed by atoms with van der Waals surface area (Å²) in [5, 5.41) is 5.63. The highest BCUT2D eigenvalue weighted by Crippen LogP contribution is 2.16. The number of rotatable bonds is 6. The number of carbonyl (C=O) groups is 2. The van der Waals surface area contributed by atoms with Crippen LogP contribution in [-0.4, -0.2) is 63.2 Å². The smallest absolute Gasteiger partial charge is 0.239 e. The van der Waals surface area contributed by atoms with Gasteiger partial charge in [0.2, 0.25) is 11.8 Å². The number of carbonyl (C=O) groups excluding carboxylic acids is 2. The van der Waals surface area contributed by atoms with E-state index in [0.29, 0.717) is 19.8 Å². The van der Waals surface area contributed by atoms with Crippen LogP contribution < -0.4 is 10.6 Å². The maximum atomic E-state index is 12.4. The molecule has 1 aliphatic heterocycles. The molecule has 0 bridgehead atoms. The summed E-state index contributed by atoms with van der Waals surface area (Å²) in [5.41, 5.74) is 0. The Morgan fingerprint density at radius 1 is 1.33 bits per heavy atom. The number of nitrogens with zero attached hydrogens (tertiary/aromatic N) is 1. The molecule has 1 aliphatic rings. The third-order valence-electron chi connectivity index (χ3n) is 3.19. The molecule has 0 aromatic rings. The maximum Gasteiger partial charge on any atom is 0.239 e. The highest BCUT2D eigenvalue weighted by Gasteiger charge is 2.35. The van der Waals surface area contributed by atoms with Gasteiger partial charge >= 0.3 is 0 Å². The molecule has 0 aromatic carbocycles. The van der Waals surface area contributed by atoms with Crippen molar-refractivity contribution >= 4 is 11.8 Å². The van der Waals surface area contributed by atoms with E-state index in [1.807, 2.05) is 14.0 Å². The third-order valence-corrected chi connectivity index (χ3v) is 3.19. The Morgan fingerprint density at radius 2 is 2.06 bits per heavy atom. The molecule has 2 atom stereocenters. The SMILES string of the molecule is CCCN(CC(=O)NC)C(=O)C1COCC1NC. The van der Waals surface area contributed by atoms with Crippen LogP contribution in [0.3, 0.4) is 0 Å². The Balaban J connectivity index is 2.66. The number of amides is 2. The van der Waals surface area contributed by atoms with Gasteiger partial charge in [-0.25, -0.2) is 0 Å². The van der Waals surface area contributed by atoms with Gasteiger partial charge in [-0.3, -0.25) is 9.59 Å². The van der Waals surface area contributed by atoms with E-state index in [2.05, 4.69) is 10.6 Å². The van der Waals surface area contributed by atoms with Crippen LogP contribution in [0.4, 0.5) is 0 Å². The van der Waals surface area contributed by atoms with E-state index in [1.165, 1.54) is 0 Å². The zero-order valence-corrected chi connectivity index (χ0v) is 11.4. The fourth-order valence-electron chi connectivity index (χ4n) is 2.11. The Bertz CT molecular complexity index is 296. The van der Waals surface area contributed by atoms with Crippen LogP contribution in [0.2, 0.25) is 0 Å². The number of hydrogen-bond donors (Lipinski definition) is 2. The van der Waals surface area contributed by atoms with E-state index < -0.39 is 0 Å². The largest absolute Gasteiger partial charge is 0.379 e. The molecule has 1 heterocycles. The molecule has 1 rings (SSSR count). The van der Waals surface area contributed by atoms with Gasteiger partial charge in [-0.15, -0.1) is 0 Å². The first kappa shape index (κ1) is 14.9. The van der Waals surface area contributed by atoms with Gasteiger partial charge in [-0.2, -0.15) is 0 Å². The minimum absolute atomic E-state index is 0.00250. The first-order valence-corrected chi connectivity index (χ1v) is 6.38. The Morgan fingerprint density at radius 3 is 2.61 bits per heavy atom.